The highest BCUT2D eigenvalue weighted by Crippen LogP contribution is 2.48. The molecule has 0 fully saturated rings. The SMILES string of the molecule is FC(F)(F)c1cnc(-c2c(Cl)c(Cl)c(Cl)c(Cl)c2Cl)c(I)c1. The Balaban J connectivity index is 2.74. The lowest BCUT2D eigenvalue weighted by atomic mass is 10.1. The molecule has 0 spiro atoms. The summed E-state index contributed by atoms with van der Waals surface area (Å²) in [6.45, 7) is 0. The van der Waals surface area contributed by atoms with E-state index in [9.17, 15) is 13.2 Å². The lowest BCUT2D eigenvalue weighted by Gasteiger charge is -2.14. The molecule has 2 rings (SSSR count). The second-order valence-corrected chi connectivity index (χ2v) is 7.05. The normalized spacial score (nSPS) is 11.9. The van der Waals surface area contributed by atoms with Crippen molar-refractivity contribution in [2.45, 2.75) is 6.18 Å². The molecule has 118 valence electrons. The van der Waals surface area contributed by atoms with Crippen LogP contribution in [0, 0.1) is 3.57 Å². The first kappa shape index (κ1) is 18.7. The largest absolute Gasteiger partial charge is 0.417 e. The molecule has 2 aromatic rings. The first-order chi connectivity index (χ1) is 10.1. The van der Waals surface area contributed by atoms with E-state index in [0.29, 0.717) is 6.20 Å². The zero-order valence-corrected chi connectivity index (χ0v) is 15.9. The average molecular weight is 521 g/mol. The number of rotatable bonds is 1. The monoisotopic (exact) mass is 519 g/mol. The van der Waals surface area contributed by atoms with Gasteiger partial charge in [0.2, 0.25) is 0 Å². The van der Waals surface area contributed by atoms with Crippen molar-refractivity contribution in [3.8, 4) is 11.3 Å². The van der Waals surface area contributed by atoms with Gasteiger partial charge >= 0.3 is 6.18 Å². The number of halogens is 9. The summed E-state index contributed by atoms with van der Waals surface area (Å²) in [6.07, 6.45) is -3.82. The summed E-state index contributed by atoms with van der Waals surface area (Å²) in [5.41, 5.74) is -0.635. The van der Waals surface area contributed by atoms with Crippen LogP contribution in [0.25, 0.3) is 11.3 Å². The summed E-state index contributed by atoms with van der Waals surface area (Å²) >= 11 is 31.6. The maximum absolute atomic E-state index is 12.7. The van der Waals surface area contributed by atoms with Crippen LogP contribution in [0.4, 0.5) is 13.2 Å². The van der Waals surface area contributed by atoms with Crippen molar-refractivity contribution in [2.75, 3.05) is 0 Å². The van der Waals surface area contributed by atoms with Crippen LogP contribution in [0.5, 0.6) is 0 Å². The van der Waals surface area contributed by atoms with E-state index in [1.165, 1.54) is 0 Å². The Bertz CT molecular complexity index is 734. The zero-order chi connectivity index (χ0) is 16.8. The van der Waals surface area contributed by atoms with Crippen molar-refractivity contribution in [1.29, 1.82) is 0 Å². The van der Waals surface area contributed by atoms with Gasteiger partial charge in [-0.3, -0.25) is 4.98 Å². The number of nitrogens with zero attached hydrogens (tertiary/aromatic N) is 1. The maximum atomic E-state index is 12.7. The highest BCUT2D eigenvalue weighted by Gasteiger charge is 2.32. The first-order valence-electron chi connectivity index (χ1n) is 5.30. The van der Waals surface area contributed by atoms with Crippen molar-refractivity contribution in [3.05, 3.63) is 46.5 Å². The Morgan fingerprint density at radius 1 is 0.864 bits per heavy atom. The molecule has 1 aromatic heterocycles. The number of hydrogen-bond donors (Lipinski definition) is 0. The van der Waals surface area contributed by atoms with Gasteiger partial charge in [0.15, 0.2) is 0 Å². The summed E-state index contributed by atoms with van der Waals surface area (Å²) < 4.78 is 38.2. The number of benzene rings is 1. The fraction of sp³-hybridized carbons (Fsp3) is 0.0833. The quantitative estimate of drug-likeness (QED) is 0.214. The summed E-state index contributed by atoms with van der Waals surface area (Å²) in [5, 5.41) is -0.211. The minimum Gasteiger partial charge on any atom is -0.254 e. The van der Waals surface area contributed by atoms with Gasteiger partial charge in [-0.25, -0.2) is 0 Å². The molecule has 1 heterocycles. The third kappa shape index (κ3) is 3.39. The van der Waals surface area contributed by atoms with Crippen molar-refractivity contribution >= 4 is 80.6 Å². The van der Waals surface area contributed by atoms with E-state index in [2.05, 4.69) is 4.98 Å². The molecule has 0 amide bonds. The van der Waals surface area contributed by atoms with Crippen molar-refractivity contribution in [3.63, 3.8) is 0 Å². The Labute approximate surface area is 161 Å². The van der Waals surface area contributed by atoms with Gasteiger partial charge in [0.05, 0.1) is 36.4 Å². The molecule has 0 aliphatic rings. The maximum Gasteiger partial charge on any atom is 0.417 e. The zero-order valence-electron chi connectivity index (χ0n) is 10.0. The fourth-order valence-electron chi connectivity index (χ4n) is 1.59. The van der Waals surface area contributed by atoms with Gasteiger partial charge in [0.1, 0.15) is 0 Å². The van der Waals surface area contributed by atoms with Gasteiger partial charge in [-0.1, -0.05) is 58.0 Å². The van der Waals surface area contributed by atoms with Gasteiger partial charge in [-0.2, -0.15) is 13.2 Å². The van der Waals surface area contributed by atoms with Crippen molar-refractivity contribution < 1.29 is 13.2 Å². The highest BCUT2D eigenvalue weighted by atomic mass is 127. The van der Waals surface area contributed by atoms with E-state index in [1.54, 1.807) is 22.6 Å². The third-order valence-corrected chi connectivity index (χ3v) is 5.71. The summed E-state index contributed by atoms with van der Waals surface area (Å²) in [4.78, 5) is 3.79. The Hall–Kier alpha value is 0.340. The number of aromatic nitrogens is 1. The second-order valence-electron chi connectivity index (χ2n) is 4.00. The van der Waals surface area contributed by atoms with Crippen LogP contribution in [-0.2, 0) is 6.18 Å². The Kier molecular flexibility index (Phi) is 5.68. The van der Waals surface area contributed by atoms with Crippen LogP contribution < -0.4 is 0 Å². The van der Waals surface area contributed by atoms with Crippen LogP contribution >= 0.6 is 80.6 Å². The van der Waals surface area contributed by atoms with E-state index < -0.39 is 11.7 Å². The Morgan fingerprint density at radius 3 is 1.73 bits per heavy atom. The number of pyridine rings is 1. The van der Waals surface area contributed by atoms with Gasteiger partial charge in [-0.05, 0) is 28.7 Å². The standard InChI is InChI=1S/C12H2Cl5F3IN/c13-6-5(7(14)9(16)10(17)8(6)15)11-4(21)1-3(2-22-11)12(18,19)20/h1-2H. The molecular formula is C12H2Cl5F3IN. The van der Waals surface area contributed by atoms with Crippen LogP contribution in [0.1, 0.15) is 5.56 Å². The lowest BCUT2D eigenvalue weighted by molar-refractivity contribution is -0.137. The van der Waals surface area contributed by atoms with Gasteiger partial charge in [0, 0.05) is 15.3 Å². The molecule has 0 saturated carbocycles. The summed E-state index contributed by atoms with van der Waals surface area (Å²) in [7, 11) is 0. The van der Waals surface area contributed by atoms with Crippen LogP contribution in [0.2, 0.25) is 25.1 Å². The molecule has 10 heteroatoms. The van der Waals surface area contributed by atoms with Gasteiger partial charge in [-0.15, -0.1) is 0 Å². The molecule has 0 radical (unpaired) electrons. The van der Waals surface area contributed by atoms with E-state index in [4.69, 9.17) is 58.0 Å². The topological polar surface area (TPSA) is 12.9 Å². The van der Waals surface area contributed by atoms with Crippen LogP contribution in [0.3, 0.4) is 0 Å². The predicted octanol–water partition coefficient (Wildman–Crippen LogP) is 7.64. The van der Waals surface area contributed by atoms with E-state index in [0.717, 1.165) is 6.07 Å². The first-order valence-corrected chi connectivity index (χ1v) is 8.27. The molecule has 0 unspecified atom stereocenters. The number of hydrogen-bond acceptors (Lipinski definition) is 1. The molecule has 0 aliphatic carbocycles. The van der Waals surface area contributed by atoms with E-state index in [1.807, 2.05) is 0 Å². The minimum atomic E-state index is -4.51. The molecular weight excluding hydrogens is 519 g/mol. The molecule has 0 saturated heterocycles. The molecule has 0 bridgehead atoms. The molecule has 0 N–H and O–H groups in total. The molecule has 0 atom stereocenters. The second kappa shape index (κ2) is 6.69. The minimum absolute atomic E-state index is 0.0359. The summed E-state index contributed by atoms with van der Waals surface area (Å²) in [5.74, 6) is 0. The molecule has 1 nitrogen and oxygen atoms in total. The summed E-state index contributed by atoms with van der Waals surface area (Å²) in [6, 6.07) is 0.923. The predicted molar refractivity (Wildman–Crippen MR) is 92.4 cm³/mol. The van der Waals surface area contributed by atoms with Crippen molar-refractivity contribution in [1.82, 2.24) is 4.98 Å². The fourth-order valence-corrected chi connectivity index (χ4v) is 3.65. The van der Waals surface area contributed by atoms with Crippen molar-refractivity contribution in [2.24, 2.45) is 0 Å². The van der Waals surface area contributed by atoms with Gasteiger partial charge < -0.3 is 0 Å². The van der Waals surface area contributed by atoms with E-state index >= 15 is 0 Å². The van der Waals surface area contributed by atoms with E-state index in [-0.39, 0.29) is 39.9 Å². The molecule has 22 heavy (non-hydrogen) atoms. The third-order valence-electron chi connectivity index (χ3n) is 2.62. The lowest BCUT2D eigenvalue weighted by Crippen LogP contribution is -2.06. The van der Waals surface area contributed by atoms with Crippen LogP contribution in [0.15, 0.2) is 12.3 Å². The smallest absolute Gasteiger partial charge is 0.254 e. The van der Waals surface area contributed by atoms with Gasteiger partial charge in [0.25, 0.3) is 0 Å². The highest BCUT2D eigenvalue weighted by molar-refractivity contribution is 14.1. The Morgan fingerprint density at radius 2 is 1.32 bits per heavy atom. The molecule has 1 aromatic carbocycles. The molecule has 0 aliphatic heterocycles. The number of alkyl halides is 3. The average Bonchev–Trinajstić information content (AvgIpc) is 2.43. The van der Waals surface area contributed by atoms with Crippen LogP contribution in [-0.4, -0.2) is 4.98 Å².